The van der Waals surface area contributed by atoms with Crippen LogP contribution in [0.4, 0.5) is 0 Å². The Morgan fingerprint density at radius 1 is 0.721 bits per heavy atom. The molecule has 2 fully saturated rings. The number of methoxy groups -OCH3 is 1. The van der Waals surface area contributed by atoms with E-state index >= 15 is 0 Å². The van der Waals surface area contributed by atoms with Gasteiger partial charge in [0.05, 0.1) is 7.11 Å². The van der Waals surface area contributed by atoms with Crippen molar-refractivity contribution in [3.05, 3.63) is 90.0 Å². The lowest BCUT2D eigenvalue weighted by Gasteiger charge is -2.30. The van der Waals surface area contributed by atoms with E-state index in [0.717, 1.165) is 31.9 Å². The molecule has 2 aliphatic rings. The first-order chi connectivity index (χ1) is 21.2. The van der Waals surface area contributed by atoms with Crippen LogP contribution in [-0.2, 0) is 0 Å². The van der Waals surface area contributed by atoms with Gasteiger partial charge in [-0.15, -0.1) is 20.4 Å². The number of benzene rings is 3. The molecule has 2 aromatic heterocycles. The van der Waals surface area contributed by atoms with Crippen molar-refractivity contribution in [2.75, 3.05) is 33.3 Å². The van der Waals surface area contributed by atoms with Gasteiger partial charge in [0.15, 0.2) is 12.7 Å². The monoisotopic (exact) mass is 580 g/mol. The lowest BCUT2D eigenvalue weighted by atomic mass is 9.87. The summed E-state index contributed by atoms with van der Waals surface area (Å²) in [5.41, 5.74) is 3.76. The highest BCUT2D eigenvalue weighted by molar-refractivity contribution is 5.84. The quantitative estimate of drug-likeness (QED) is 0.294. The Kier molecular flexibility index (Phi) is 9.29. The summed E-state index contributed by atoms with van der Waals surface area (Å²) in [5.74, 6) is 1.86. The van der Waals surface area contributed by atoms with Crippen LogP contribution in [0.25, 0.3) is 10.8 Å². The van der Waals surface area contributed by atoms with Gasteiger partial charge < -0.3 is 15.4 Å². The first kappa shape index (κ1) is 28.9. The van der Waals surface area contributed by atoms with E-state index in [4.69, 9.17) is 4.74 Å². The number of aryl methyl sites for hydroxylation is 1. The van der Waals surface area contributed by atoms with Crippen LogP contribution in [0.2, 0.25) is 0 Å². The van der Waals surface area contributed by atoms with Crippen LogP contribution >= 0.6 is 0 Å². The fourth-order valence-corrected chi connectivity index (χ4v) is 6.41. The molecule has 224 valence electrons. The molecular weight excluding hydrogens is 540 g/mol. The molecule has 0 amide bonds. The number of nitrogens with zero attached hydrogens (tertiary/aromatic N) is 8. The van der Waals surface area contributed by atoms with Crippen LogP contribution in [-0.4, -0.2) is 73.7 Å². The third-order valence-corrected chi connectivity index (χ3v) is 8.62. The van der Waals surface area contributed by atoms with Crippen LogP contribution in [0, 0.1) is 18.8 Å². The molecule has 3 aromatic carbocycles. The molecule has 0 unspecified atom stereocenters. The fourth-order valence-electron chi connectivity index (χ4n) is 6.41. The van der Waals surface area contributed by atoms with E-state index < -0.39 is 0 Å². The van der Waals surface area contributed by atoms with E-state index in [9.17, 15) is 0 Å². The summed E-state index contributed by atoms with van der Waals surface area (Å²) in [6.45, 7) is 6.30. The van der Waals surface area contributed by atoms with E-state index in [-0.39, 0.29) is 12.1 Å². The molecule has 43 heavy (non-hydrogen) atoms. The summed E-state index contributed by atoms with van der Waals surface area (Å²) in [6.07, 6.45) is 7.78. The molecule has 0 saturated carbocycles. The molecule has 11 nitrogen and oxygen atoms in total. The molecule has 0 aliphatic carbocycles. The van der Waals surface area contributed by atoms with Crippen molar-refractivity contribution in [2.45, 2.75) is 44.7 Å². The minimum Gasteiger partial charge on any atom is -0.497 e. The largest absolute Gasteiger partial charge is 0.497 e. The Morgan fingerprint density at radius 3 is 1.81 bits per heavy atom. The number of aromatic nitrogens is 8. The summed E-state index contributed by atoms with van der Waals surface area (Å²) >= 11 is 0. The molecule has 4 heterocycles. The molecule has 0 bridgehead atoms. The van der Waals surface area contributed by atoms with Gasteiger partial charge in [0.2, 0.25) is 0 Å². The van der Waals surface area contributed by atoms with E-state index in [1.165, 1.54) is 65.8 Å². The second kappa shape index (κ2) is 13.8. The molecule has 2 saturated heterocycles. The smallest absolute Gasteiger partial charge is 0.162 e. The predicted octanol–water partition coefficient (Wildman–Crippen LogP) is 3.99. The number of rotatable bonds is 7. The maximum atomic E-state index is 5.31. The average molecular weight is 581 g/mol. The lowest BCUT2D eigenvalue weighted by molar-refractivity contribution is 0.261. The van der Waals surface area contributed by atoms with Gasteiger partial charge in [-0.3, -0.25) is 0 Å². The molecule has 11 heteroatoms. The molecule has 7 rings (SSSR count). The number of ether oxygens (including phenoxy) is 1. The summed E-state index contributed by atoms with van der Waals surface area (Å²) in [5, 5.41) is 34.0. The maximum absolute atomic E-state index is 5.31. The molecule has 5 aromatic rings. The van der Waals surface area contributed by atoms with Crippen molar-refractivity contribution in [1.29, 1.82) is 0 Å². The minimum absolute atomic E-state index is 0.104. The zero-order valence-electron chi connectivity index (χ0n) is 24.9. The number of tetrazole rings is 2. The second-order valence-electron chi connectivity index (χ2n) is 11.5. The van der Waals surface area contributed by atoms with Crippen molar-refractivity contribution < 1.29 is 4.74 Å². The fraction of sp³-hybridized carbons (Fsp3) is 0.438. The van der Waals surface area contributed by atoms with E-state index in [2.05, 4.69) is 103 Å². The summed E-state index contributed by atoms with van der Waals surface area (Å²) < 4.78 is 5.31. The zero-order valence-corrected chi connectivity index (χ0v) is 24.9. The van der Waals surface area contributed by atoms with Crippen molar-refractivity contribution in [3.63, 3.8) is 0 Å². The third-order valence-electron chi connectivity index (χ3n) is 8.62. The number of hydrogen-bond donors (Lipinski definition) is 2. The van der Waals surface area contributed by atoms with Gasteiger partial charge in [-0.2, -0.15) is 9.59 Å². The third kappa shape index (κ3) is 6.89. The standard InChI is InChI=1S/C18H21N5O.C14H19N5/c1-24-17-7-6-13-9-15(5-4-14(13)10-17)18(23-21-12-20-22-23)16-3-2-8-19-11-16;1-11-4-6-12(7-5-11)14(19-17-10-16-18-19)13-3-2-8-15-9-13/h4-7,9-10,12,16,18-19H,2-3,8,11H2,1H3;4-7,10,13-15H,2-3,8-9H2,1H3/t16-,18-;13-,14+/m00/s1. The Morgan fingerprint density at radius 2 is 1.28 bits per heavy atom. The molecule has 2 aliphatic heterocycles. The van der Waals surface area contributed by atoms with Gasteiger partial charge in [-0.1, -0.05) is 48.0 Å². The Hall–Kier alpha value is -4.22. The van der Waals surface area contributed by atoms with Gasteiger partial charge in [0.1, 0.15) is 17.8 Å². The molecule has 2 N–H and O–H groups in total. The minimum atomic E-state index is 0.104. The normalized spacial score (nSPS) is 20.1. The summed E-state index contributed by atoms with van der Waals surface area (Å²) in [4.78, 5) is 3.50. The van der Waals surface area contributed by atoms with Crippen molar-refractivity contribution in [3.8, 4) is 5.75 Å². The second-order valence-corrected chi connectivity index (χ2v) is 11.5. The molecule has 0 spiro atoms. The van der Waals surface area contributed by atoms with Gasteiger partial charge in [-0.05, 0) is 108 Å². The first-order valence-corrected chi connectivity index (χ1v) is 15.2. The van der Waals surface area contributed by atoms with Crippen LogP contribution in [0.3, 0.4) is 0 Å². The van der Waals surface area contributed by atoms with Crippen molar-refractivity contribution in [1.82, 2.24) is 51.0 Å². The molecular formula is C32H40N10O. The number of nitrogens with one attached hydrogen (secondary N) is 2. The van der Waals surface area contributed by atoms with Gasteiger partial charge in [0, 0.05) is 13.1 Å². The zero-order chi connectivity index (χ0) is 29.4. The summed E-state index contributed by atoms with van der Waals surface area (Å²) in [7, 11) is 1.69. The van der Waals surface area contributed by atoms with Crippen LogP contribution < -0.4 is 15.4 Å². The van der Waals surface area contributed by atoms with Gasteiger partial charge in [0.25, 0.3) is 0 Å². The number of hydrogen-bond acceptors (Lipinski definition) is 9. The van der Waals surface area contributed by atoms with Crippen LogP contribution in [0.5, 0.6) is 5.75 Å². The maximum Gasteiger partial charge on any atom is 0.162 e. The first-order valence-electron chi connectivity index (χ1n) is 15.2. The SMILES string of the molecule is COc1ccc2cc([C@@H]([C@H]3CCCNC3)n3ncnn3)ccc2c1.Cc1ccc([C@H]([C@H]2CCCNC2)n2ncnn2)cc1. The average Bonchev–Trinajstić information content (AvgIpc) is 3.79. The highest BCUT2D eigenvalue weighted by Crippen LogP contribution is 2.33. The Labute approximate surface area is 252 Å². The topological polar surface area (TPSA) is 120 Å². The van der Waals surface area contributed by atoms with Gasteiger partial charge >= 0.3 is 0 Å². The molecule has 4 atom stereocenters. The highest BCUT2D eigenvalue weighted by Gasteiger charge is 2.29. The van der Waals surface area contributed by atoms with E-state index in [1.807, 2.05) is 6.07 Å². The summed E-state index contributed by atoms with van der Waals surface area (Å²) in [6, 6.07) is 21.6. The van der Waals surface area contributed by atoms with E-state index in [0.29, 0.717) is 11.8 Å². The predicted molar refractivity (Wildman–Crippen MR) is 165 cm³/mol. The van der Waals surface area contributed by atoms with Gasteiger partial charge in [-0.25, -0.2) is 0 Å². The van der Waals surface area contributed by atoms with E-state index in [1.54, 1.807) is 16.7 Å². The van der Waals surface area contributed by atoms with Crippen LogP contribution in [0.1, 0.15) is 54.5 Å². The Bertz CT molecular complexity index is 1540. The van der Waals surface area contributed by atoms with Crippen molar-refractivity contribution in [2.24, 2.45) is 11.8 Å². The van der Waals surface area contributed by atoms with Crippen LogP contribution in [0.15, 0.2) is 73.3 Å². The lowest BCUT2D eigenvalue weighted by Crippen LogP contribution is -2.36. The Balaban J connectivity index is 0.000000157. The highest BCUT2D eigenvalue weighted by atomic mass is 16.5. The number of piperidine rings is 2. The number of fused-ring (bicyclic) bond motifs is 1. The molecule has 0 radical (unpaired) electrons. The van der Waals surface area contributed by atoms with Crippen molar-refractivity contribution >= 4 is 10.8 Å².